The van der Waals surface area contributed by atoms with E-state index in [1.165, 1.54) is 42.5 Å². The van der Waals surface area contributed by atoms with Gasteiger partial charge in [-0.3, -0.25) is 9.52 Å². The van der Waals surface area contributed by atoms with Crippen molar-refractivity contribution >= 4 is 33.2 Å². The van der Waals surface area contributed by atoms with Gasteiger partial charge in [-0.1, -0.05) is 11.6 Å². The van der Waals surface area contributed by atoms with Crippen molar-refractivity contribution in [3.05, 3.63) is 58.9 Å². The lowest BCUT2D eigenvalue weighted by Gasteiger charge is -2.10. The molecule has 0 aliphatic heterocycles. The third kappa shape index (κ3) is 6.24. The van der Waals surface area contributed by atoms with Crippen molar-refractivity contribution in [2.45, 2.75) is 0 Å². The molecule has 25 heavy (non-hydrogen) atoms. The van der Waals surface area contributed by atoms with Crippen molar-refractivity contribution in [3.8, 4) is 5.75 Å². The van der Waals surface area contributed by atoms with Gasteiger partial charge in [-0.05, 0) is 42.5 Å². The van der Waals surface area contributed by atoms with E-state index in [2.05, 4.69) is 10.0 Å². The standard InChI is InChI=1S/C16H16ClFN2O4S/c1-25(22,23)20-15-7-2-11(10-14(15)17)16(21)19-8-9-24-13-5-3-12(18)4-6-13/h2-7,10,20H,8-9H2,1H3,(H,19,21). The van der Waals surface area contributed by atoms with E-state index in [1.807, 2.05) is 0 Å². The van der Waals surface area contributed by atoms with Gasteiger partial charge in [-0.2, -0.15) is 0 Å². The summed E-state index contributed by atoms with van der Waals surface area (Å²) >= 11 is 5.97. The van der Waals surface area contributed by atoms with E-state index in [0.29, 0.717) is 5.75 Å². The normalized spacial score (nSPS) is 11.0. The third-order valence-corrected chi connectivity index (χ3v) is 3.90. The zero-order valence-corrected chi connectivity index (χ0v) is 14.8. The highest BCUT2D eigenvalue weighted by Crippen LogP contribution is 2.23. The number of halogens is 2. The van der Waals surface area contributed by atoms with Crippen LogP contribution in [0.25, 0.3) is 0 Å². The van der Waals surface area contributed by atoms with E-state index >= 15 is 0 Å². The summed E-state index contributed by atoms with van der Waals surface area (Å²) in [5.41, 5.74) is 0.478. The molecule has 0 bridgehead atoms. The third-order valence-electron chi connectivity index (χ3n) is 3.00. The number of hydrogen-bond donors (Lipinski definition) is 2. The number of sulfonamides is 1. The Morgan fingerprint density at radius 3 is 2.48 bits per heavy atom. The summed E-state index contributed by atoms with van der Waals surface area (Å²) in [4.78, 5) is 12.0. The molecule has 6 nitrogen and oxygen atoms in total. The van der Waals surface area contributed by atoms with Gasteiger partial charge in [0.15, 0.2) is 0 Å². The smallest absolute Gasteiger partial charge is 0.251 e. The molecule has 0 heterocycles. The molecule has 0 aromatic heterocycles. The summed E-state index contributed by atoms with van der Waals surface area (Å²) in [6.45, 7) is 0.440. The van der Waals surface area contributed by atoms with Crippen molar-refractivity contribution in [3.63, 3.8) is 0 Å². The second-order valence-electron chi connectivity index (χ2n) is 5.13. The predicted molar refractivity (Wildman–Crippen MR) is 94.1 cm³/mol. The van der Waals surface area contributed by atoms with Crippen LogP contribution in [0.1, 0.15) is 10.4 Å². The molecule has 2 aromatic carbocycles. The lowest BCUT2D eigenvalue weighted by Crippen LogP contribution is -2.28. The molecule has 0 atom stereocenters. The number of ether oxygens (including phenoxy) is 1. The molecule has 0 spiro atoms. The molecular formula is C16H16ClFN2O4S. The van der Waals surface area contributed by atoms with Crippen LogP contribution >= 0.6 is 11.6 Å². The zero-order chi connectivity index (χ0) is 18.4. The van der Waals surface area contributed by atoms with E-state index in [0.717, 1.165) is 6.26 Å². The summed E-state index contributed by atoms with van der Waals surface area (Å²) in [7, 11) is -3.45. The van der Waals surface area contributed by atoms with E-state index in [1.54, 1.807) is 0 Å². The molecule has 2 rings (SSSR count). The quantitative estimate of drug-likeness (QED) is 0.716. The zero-order valence-electron chi connectivity index (χ0n) is 13.3. The maximum Gasteiger partial charge on any atom is 0.251 e. The Labute approximate surface area is 150 Å². The Morgan fingerprint density at radius 1 is 1.20 bits per heavy atom. The van der Waals surface area contributed by atoms with Crippen molar-refractivity contribution in [2.75, 3.05) is 24.1 Å². The fourth-order valence-electron chi connectivity index (χ4n) is 1.91. The molecule has 0 unspecified atom stereocenters. The largest absolute Gasteiger partial charge is 0.492 e. The van der Waals surface area contributed by atoms with Gasteiger partial charge in [0.05, 0.1) is 23.5 Å². The van der Waals surface area contributed by atoms with Crippen LogP contribution in [-0.2, 0) is 10.0 Å². The van der Waals surface area contributed by atoms with E-state index in [4.69, 9.17) is 16.3 Å². The molecule has 0 saturated carbocycles. The average molecular weight is 387 g/mol. The lowest BCUT2D eigenvalue weighted by atomic mass is 10.2. The monoisotopic (exact) mass is 386 g/mol. The molecule has 2 aromatic rings. The molecule has 0 aliphatic rings. The van der Waals surface area contributed by atoms with Gasteiger partial charge in [-0.25, -0.2) is 12.8 Å². The highest BCUT2D eigenvalue weighted by molar-refractivity contribution is 7.92. The fourth-order valence-corrected chi connectivity index (χ4v) is 2.77. The van der Waals surface area contributed by atoms with Crippen LogP contribution in [-0.4, -0.2) is 33.7 Å². The molecule has 0 saturated heterocycles. The molecule has 2 N–H and O–H groups in total. The average Bonchev–Trinajstić information content (AvgIpc) is 2.53. The minimum Gasteiger partial charge on any atom is -0.492 e. The molecule has 134 valence electrons. The van der Waals surface area contributed by atoms with Crippen LogP contribution in [0.4, 0.5) is 10.1 Å². The first-order valence-electron chi connectivity index (χ1n) is 7.18. The maximum atomic E-state index is 12.8. The molecule has 9 heteroatoms. The second kappa shape index (κ2) is 8.17. The second-order valence-corrected chi connectivity index (χ2v) is 7.28. The summed E-state index contributed by atoms with van der Waals surface area (Å²) in [6, 6.07) is 9.77. The number of carbonyl (C=O) groups is 1. The number of carbonyl (C=O) groups excluding carboxylic acids is 1. The minimum atomic E-state index is -3.45. The van der Waals surface area contributed by atoms with Crippen LogP contribution in [0.15, 0.2) is 42.5 Å². The van der Waals surface area contributed by atoms with E-state index in [9.17, 15) is 17.6 Å². The van der Waals surface area contributed by atoms with Crippen LogP contribution < -0.4 is 14.8 Å². The number of benzene rings is 2. The molecule has 1 amide bonds. The van der Waals surface area contributed by atoms with E-state index < -0.39 is 10.0 Å². The summed E-state index contributed by atoms with van der Waals surface area (Å²) in [5.74, 6) is -0.239. The fraction of sp³-hybridized carbons (Fsp3) is 0.188. The Balaban J connectivity index is 1.86. The van der Waals surface area contributed by atoms with Crippen molar-refractivity contribution in [1.82, 2.24) is 5.32 Å². The number of anilines is 1. The Hall–Kier alpha value is -2.32. The Bertz CT molecular complexity index is 857. The predicted octanol–water partition coefficient (Wildman–Crippen LogP) is 2.66. The topological polar surface area (TPSA) is 84.5 Å². The van der Waals surface area contributed by atoms with Gasteiger partial charge in [-0.15, -0.1) is 0 Å². The van der Waals surface area contributed by atoms with Gasteiger partial charge in [0, 0.05) is 5.56 Å². The number of amides is 1. The first-order valence-corrected chi connectivity index (χ1v) is 9.45. The van der Waals surface area contributed by atoms with E-state index in [-0.39, 0.29) is 41.1 Å². The van der Waals surface area contributed by atoms with Crippen LogP contribution in [0.3, 0.4) is 0 Å². The van der Waals surface area contributed by atoms with Gasteiger partial charge >= 0.3 is 0 Å². The number of rotatable bonds is 7. The first-order chi connectivity index (χ1) is 11.7. The lowest BCUT2D eigenvalue weighted by molar-refractivity contribution is 0.0947. The van der Waals surface area contributed by atoms with Crippen LogP contribution in [0.5, 0.6) is 5.75 Å². The summed E-state index contributed by atoms with van der Waals surface area (Å²) in [5, 5.41) is 2.75. The van der Waals surface area contributed by atoms with Gasteiger partial charge in [0.2, 0.25) is 10.0 Å². The highest BCUT2D eigenvalue weighted by atomic mass is 35.5. The molecule has 0 aliphatic carbocycles. The van der Waals surface area contributed by atoms with Crippen LogP contribution in [0.2, 0.25) is 5.02 Å². The summed E-state index contributed by atoms with van der Waals surface area (Å²) in [6.07, 6.45) is 1.01. The molecule has 0 radical (unpaired) electrons. The highest BCUT2D eigenvalue weighted by Gasteiger charge is 2.11. The maximum absolute atomic E-state index is 12.8. The van der Waals surface area contributed by atoms with Crippen molar-refractivity contribution < 1.29 is 22.3 Å². The molecular weight excluding hydrogens is 371 g/mol. The van der Waals surface area contributed by atoms with Gasteiger partial charge < -0.3 is 10.1 Å². The number of nitrogens with one attached hydrogen (secondary N) is 2. The van der Waals surface area contributed by atoms with Crippen molar-refractivity contribution in [1.29, 1.82) is 0 Å². The van der Waals surface area contributed by atoms with Crippen molar-refractivity contribution in [2.24, 2.45) is 0 Å². The van der Waals surface area contributed by atoms with Gasteiger partial charge in [0.1, 0.15) is 18.2 Å². The first kappa shape index (κ1) is 19.0. The Morgan fingerprint density at radius 2 is 1.88 bits per heavy atom. The van der Waals surface area contributed by atoms with Gasteiger partial charge in [0.25, 0.3) is 5.91 Å². The van der Waals surface area contributed by atoms with Crippen LogP contribution in [0, 0.1) is 5.82 Å². The summed E-state index contributed by atoms with van der Waals surface area (Å²) < 4.78 is 42.8. The number of hydrogen-bond acceptors (Lipinski definition) is 4. The minimum absolute atomic E-state index is 0.112. The Kier molecular flexibility index (Phi) is 6.22. The molecule has 0 fully saturated rings. The SMILES string of the molecule is CS(=O)(=O)Nc1ccc(C(=O)NCCOc2ccc(F)cc2)cc1Cl.